The van der Waals surface area contributed by atoms with Crippen LogP contribution >= 0.6 is 7.37 Å². The summed E-state index contributed by atoms with van der Waals surface area (Å²) >= 11 is 0. The second kappa shape index (κ2) is 6.07. The molecule has 0 fully saturated rings. The van der Waals surface area contributed by atoms with Crippen molar-refractivity contribution in [3.05, 3.63) is 29.8 Å². The number of hydrogen-bond donors (Lipinski definition) is 0. The molecule has 0 radical (unpaired) electrons. The predicted molar refractivity (Wildman–Crippen MR) is 66.4 cm³/mol. The fraction of sp³-hybridized carbons (Fsp3) is 0.500. The Bertz CT molecular complexity index is 359. The van der Waals surface area contributed by atoms with Crippen molar-refractivity contribution in [3.63, 3.8) is 0 Å². The van der Waals surface area contributed by atoms with E-state index in [0.717, 1.165) is 5.75 Å². The standard InChI is InChI=1S/C12H19O3P/c1-4-15-16(13,5-2)10-14-12-8-6-11(3)7-9-12/h6-9H,4-5,10H2,1-3H3. The summed E-state index contributed by atoms with van der Waals surface area (Å²) in [4.78, 5) is 0. The molecule has 4 heteroatoms. The Balaban J connectivity index is 2.56. The summed E-state index contributed by atoms with van der Waals surface area (Å²) in [6.07, 6.45) is 0.660. The summed E-state index contributed by atoms with van der Waals surface area (Å²) in [7, 11) is -2.60. The van der Waals surface area contributed by atoms with Gasteiger partial charge in [0.25, 0.3) is 0 Å². The molecule has 0 amide bonds. The van der Waals surface area contributed by atoms with Crippen molar-refractivity contribution < 1.29 is 13.8 Å². The Hall–Kier alpha value is -0.790. The van der Waals surface area contributed by atoms with Gasteiger partial charge in [0, 0.05) is 6.16 Å². The van der Waals surface area contributed by atoms with Crippen molar-refractivity contribution >= 4 is 7.37 Å². The Kier molecular flexibility index (Phi) is 5.04. The van der Waals surface area contributed by atoms with Crippen LogP contribution in [0.5, 0.6) is 5.75 Å². The van der Waals surface area contributed by atoms with Crippen LogP contribution < -0.4 is 4.74 Å². The van der Waals surface area contributed by atoms with E-state index in [1.54, 1.807) is 0 Å². The fourth-order valence-electron chi connectivity index (χ4n) is 1.26. The monoisotopic (exact) mass is 242 g/mol. The van der Waals surface area contributed by atoms with E-state index >= 15 is 0 Å². The quantitative estimate of drug-likeness (QED) is 0.714. The lowest BCUT2D eigenvalue weighted by Crippen LogP contribution is -2.04. The van der Waals surface area contributed by atoms with E-state index in [1.165, 1.54) is 5.56 Å². The second-order valence-corrected chi connectivity index (χ2v) is 6.41. The number of benzene rings is 1. The van der Waals surface area contributed by atoms with E-state index in [1.807, 2.05) is 45.0 Å². The highest BCUT2D eigenvalue weighted by Gasteiger charge is 2.20. The molecule has 0 aliphatic carbocycles. The van der Waals surface area contributed by atoms with Crippen molar-refractivity contribution in [1.82, 2.24) is 0 Å². The van der Waals surface area contributed by atoms with Crippen LogP contribution in [0.1, 0.15) is 19.4 Å². The molecule has 1 rings (SSSR count). The van der Waals surface area contributed by atoms with Gasteiger partial charge in [-0.15, -0.1) is 0 Å². The summed E-state index contributed by atoms with van der Waals surface area (Å²) in [5.41, 5.74) is 1.18. The van der Waals surface area contributed by atoms with Gasteiger partial charge >= 0.3 is 0 Å². The van der Waals surface area contributed by atoms with Crippen LogP contribution in [0.3, 0.4) is 0 Å². The minimum absolute atomic E-state index is 0.153. The van der Waals surface area contributed by atoms with E-state index < -0.39 is 7.37 Å². The van der Waals surface area contributed by atoms with Gasteiger partial charge in [-0.3, -0.25) is 4.57 Å². The molecule has 0 bridgehead atoms. The van der Waals surface area contributed by atoms with E-state index in [2.05, 4.69) is 0 Å². The van der Waals surface area contributed by atoms with Gasteiger partial charge in [0.05, 0.1) is 6.61 Å². The third kappa shape index (κ3) is 3.99. The molecule has 0 N–H and O–H groups in total. The molecule has 1 aromatic carbocycles. The van der Waals surface area contributed by atoms with Crippen LogP contribution in [-0.4, -0.2) is 19.1 Å². The lowest BCUT2D eigenvalue weighted by atomic mass is 10.2. The average Bonchev–Trinajstić information content (AvgIpc) is 2.29. The van der Waals surface area contributed by atoms with Crippen molar-refractivity contribution in [1.29, 1.82) is 0 Å². The number of ether oxygens (including phenoxy) is 1. The zero-order valence-corrected chi connectivity index (χ0v) is 11.0. The normalized spacial score (nSPS) is 14.4. The molecule has 0 aliphatic heterocycles. The zero-order valence-electron chi connectivity index (χ0n) is 10.1. The van der Waals surface area contributed by atoms with Gasteiger partial charge < -0.3 is 9.26 Å². The molecule has 16 heavy (non-hydrogen) atoms. The van der Waals surface area contributed by atoms with E-state index in [-0.39, 0.29) is 6.35 Å². The molecule has 0 heterocycles. The summed E-state index contributed by atoms with van der Waals surface area (Å²) in [5, 5.41) is 0. The van der Waals surface area contributed by atoms with Gasteiger partial charge in [-0.25, -0.2) is 0 Å². The SMILES string of the molecule is CCOP(=O)(CC)COc1ccc(C)cc1. The van der Waals surface area contributed by atoms with Crippen LogP contribution in [0.25, 0.3) is 0 Å². The minimum atomic E-state index is -2.60. The molecule has 0 aliphatic rings. The maximum atomic E-state index is 12.1. The van der Waals surface area contributed by atoms with E-state index in [9.17, 15) is 4.57 Å². The van der Waals surface area contributed by atoms with Crippen LogP contribution in [0, 0.1) is 6.92 Å². The van der Waals surface area contributed by atoms with Crippen LogP contribution in [0.2, 0.25) is 0 Å². The van der Waals surface area contributed by atoms with Crippen molar-refractivity contribution in [2.75, 3.05) is 19.1 Å². The van der Waals surface area contributed by atoms with Crippen molar-refractivity contribution in [3.8, 4) is 5.75 Å². The maximum Gasteiger partial charge on any atom is 0.239 e. The van der Waals surface area contributed by atoms with E-state index in [4.69, 9.17) is 9.26 Å². The van der Waals surface area contributed by atoms with Gasteiger partial charge in [0.15, 0.2) is 6.35 Å². The lowest BCUT2D eigenvalue weighted by molar-refractivity contribution is 0.294. The molecule has 90 valence electrons. The highest BCUT2D eigenvalue weighted by atomic mass is 31.2. The third-order valence-electron chi connectivity index (χ3n) is 2.30. The molecule has 1 atom stereocenters. The third-order valence-corrected chi connectivity index (χ3v) is 4.51. The Morgan fingerprint density at radius 2 is 1.81 bits per heavy atom. The number of aryl methyl sites for hydroxylation is 1. The smallest absolute Gasteiger partial charge is 0.239 e. The van der Waals surface area contributed by atoms with Gasteiger partial charge in [0.2, 0.25) is 7.37 Å². The Morgan fingerprint density at radius 1 is 1.19 bits per heavy atom. The highest BCUT2D eigenvalue weighted by Crippen LogP contribution is 2.46. The van der Waals surface area contributed by atoms with Crippen LogP contribution in [0.4, 0.5) is 0 Å². The zero-order chi connectivity index (χ0) is 12.0. The molecule has 1 aromatic rings. The largest absolute Gasteiger partial charge is 0.484 e. The first-order chi connectivity index (χ1) is 7.59. The molecule has 0 spiro atoms. The summed E-state index contributed by atoms with van der Waals surface area (Å²) in [6.45, 7) is 6.17. The summed E-state index contributed by atoms with van der Waals surface area (Å²) in [5.74, 6) is 0.735. The molecule has 0 saturated carbocycles. The topological polar surface area (TPSA) is 35.5 Å². The molecule has 0 saturated heterocycles. The Morgan fingerprint density at radius 3 is 2.31 bits per heavy atom. The van der Waals surface area contributed by atoms with Crippen molar-refractivity contribution in [2.24, 2.45) is 0 Å². The second-order valence-electron chi connectivity index (χ2n) is 3.64. The Labute approximate surface area is 97.2 Å². The first-order valence-corrected chi connectivity index (χ1v) is 7.51. The fourth-order valence-corrected chi connectivity index (χ4v) is 2.52. The first kappa shape index (κ1) is 13.3. The summed E-state index contributed by atoms with van der Waals surface area (Å²) < 4.78 is 22.8. The van der Waals surface area contributed by atoms with E-state index in [0.29, 0.717) is 12.8 Å². The molecular weight excluding hydrogens is 223 g/mol. The van der Waals surface area contributed by atoms with Gasteiger partial charge in [-0.05, 0) is 26.0 Å². The molecular formula is C12H19O3P. The molecule has 0 aromatic heterocycles. The van der Waals surface area contributed by atoms with Crippen molar-refractivity contribution in [2.45, 2.75) is 20.8 Å². The van der Waals surface area contributed by atoms with Crippen LogP contribution in [0.15, 0.2) is 24.3 Å². The predicted octanol–water partition coefficient (Wildman–Crippen LogP) is 3.67. The maximum absolute atomic E-state index is 12.1. The van der Waals surface area contributed by atoms with Gasteiger partial charge in [-0.1, -0.05) is 24.6 Å². The van der Waals surface area contributed by atoms with Gasteiger partial charge in [-0.2, -0.15) is 0 Å². The lowest BCUT2D eigenvalue weighted by Gasteiger charge is -2.16. The molecule has 1 unspecified atom stereocenters. The molecule has 3 nitrogen and oxygen atoms in total. The van der Waals surface area contributed by atoms with Gasteiger partial charge in [0.1, 0.15) is 5.75 Å². The highest BCUT2D eigenvalue weighted by molar-refractivity contribution is 7.58. The average molecular weight is 242 g/mol. The number of rotatable bonds is 6. The minimum Gasteiger partial charge on any atom is -0.484 e. The first-order valence-electron chi connectivity index (χ1n) is 5.51. The summed E-state index contributed by atoms with van der Waals surface area (Å²) in [6, 6.07) is 7.68. The van der Waals surface area contributed by atoms with Crippen LogP contribution in [-0.2, 0) is 9.09 Å². The number of hydrogen-bond acceptors (Lipinski definition) is 3.